The third-order valence-corrected chi connectivity index (χ3v) is 4.96. The molecule has 2 aromatic rings. The lowest BCUT2D eigenvalue weighted by molar-refractivity contribution is -0.118. The van der Waals surface area contributed by atoms with Crippen LogP contribution in [0.15, 0.2) is 40.6 Å². The van der Waals surface area contributed by atoms with Gasteiger partial charge in [-0.25, -0.2) is 5.43 Å². The second kappa shape index (κ2) is 13.1. The van der Waals surface area contributed by atoms with Gasteiger partial charge in [0.15, 0.2) is 5.16 Å². The molecule has 11 heteroatoms. The Morgan fingerprint density at radius 2 is 1.73 bits per heavy atom. The van der Waals surface area contributed by atoms with E-state index in [9.17, 15) is 4.79 Å². The molecule has 0 spiro atoms. The molecular weight excluding hydrogens is 449 g/mol. The topological polar surface area (TPSA) is 88.9 Å². The van der Waals surface area contributed by atoms with Crippen LogP contribution in [0.1, 0.15) is 5.56 Å². The lowest BCUT2D eigenvalue weighted by Gasteiger charge is -2.22. The minimum atomic E-state index is -0.284. The first kappa shape index (κ1) is 24.0. The van der Waals surface area contributed by atoms with E-state index in [1.54, 1.807) is 12.3 Å². The predicted octanol–water partition coefficient (Wildman–Crippen LogP) is 3.02. The predicted molar refractivity (Wildman–Crippen MR) is 122 cm³/mol. The number of aromatic nitrogens is 2. The van der Waals surface area contributed by atoms with E-state index in [-0.39, 0.29) is 11.7 Å². The van der Waals surface area contributed by atoms with Gasteiger partial charge in [0.2, 0.25) is 11.8 Å². The van der Waals surface area contributed by atoms with Crippen LogP contribution in [-0.2, 0) is 4.79 Å². The average molecular weight is 472 g/mol. The first-order valence-electron chi connectivity index (χ1n) is 8.98. The van der Waals surface area contributed by atoms with Crippen LogP contribution in [-0.4, -0.2) is 66.9 Å². The van der Waals surface area contributed by atoms with Crippen LogP contribution in [0.3, 0.4) is 0 Å². The number of halogens is 2. The summed E-state index contributed by atoms with van der Waals surface area (Å²) >= 11 is 12.8. The van der Waals surface area contributed by atoms with E-state index in [0.717, 1.165) is 36.1 Å². The molecule has 0 fully saturated rings. The van der Waals surface area contributed by atoms with Crippen LogP contribution in [0.2, 0.25) is 0 Å². The number of ether oxygens (including phenoxy) is 2. The summed E-state index contributed by atoms with van der Waals surface area (Å²) in [6.07, 6.45) is 1.57. The van der Waals surface area contributed by atoms with Gasteiger partial charge < -0.3 is 14.4 Å². The zero-order chi connectivity index (χ0) is 21.8. The molecule has 1 N–H and O–H groups in total. The average Bonchev–Trinajstić information content (AvgIpc) is 2.77. The fraction of sp³-hybridized carbons (Fsp3) is 0.368. The summed E-state index contributed by atoms with van der Waals surface area (Å²) in [6.45, 7) is 1.44. The van der Waals surface area contributed by atoms with Gasteiger partial charge in [-0.3, -0.25) is 4.79 Å². The smallest absolute Gasteiger partial charge is 0.250 e. The zero-order valence-corrected chi connectivity index (χ0v) is 19.0. The van der Waals surface area contributed by atoms with Gasteiger partial charge in [-0.05, 0) is 17.7 Å². The number of hydrogen-bond acceptors (Lipinski definition) is 8. The number of carbonyl (C=O) groups is 1. The van der Waals surface area contributed by atoms with Crippen LogP contribution in [0.5, 0.6) is 11.8 Å². The molecule has 1 aromatic carbocycles. The first-order valence-corrected chi connectivity index (χ1v) is 11.0. The second-order valence-electron chi connectivity index (χ2n) is 5.77. The second-order valence-corrected chi connectivity index (χ2v) is 7.47. The van der Waals surface area contributed by atoms with Crippen molar-refractivity contribution >= 4 is 52.8 Å². The fourth-order valence-corrected chi connectivity index (χ4v) is 3.39. The molecule has 2 rings (SSSR count). The lowest BCUT2D eigenvalue weighted by atomic mass is 10.2. The van der Waals surface area contributed by atoms with Gasteiger partial charge in [-0.1, -0.05) is 23.9 Å². The van der Waals surface area contributed by atoms with Gasteiger partial charge in [-0.15, -0.1) is 23.2 Å². The highest BCUT2D eigenvalue weighted by Gasteiger charge is 2.09. The molecule has 0 aliphatic heterocycles. The lowest BCUT2D eigenvalue weighted by Crippen LogP contribution is -2.27. The van der Waals surface area contributed by atoms with Crippen molar-refractivity contribution < 1.29 is 14.3 Å². The largest absolute Gasteiger partial charge is 0.481 e. The minimum Gasteiger partial charge on any atom is -0.481 e. The highest BCUT2D eigenvalue weighted by Crippen LogP contribution is 2.21. The first-order chi connectivity index (χ1) is 14.6. The number of hydrazone groups is 1. The Labute approximate surface area is 190 Å². The summed E-state index contributed by atoms with van der Waals surface area (Å²) in [7, 11) is 3.00. The maximum atomic E-state index is 12.0. The summed E-state index contributed by atoms with van der Waals surface area (Å²) < 4.78 is 10.2. The van der Waals surface area contributed by atoms with Crippen molar-refractivity contribution in [3.05, 3.63) is 35.9 Å². The summed E-state index contributed by atoms with van der Waals surface area (Å²) in [4.78, 5) is 22.4. The Morgan fingerprint density at radius 3 is 2.27 bits per heavy atom. The number of thioether (sulfide) groups is 1. The third kappa shape index (κ3) is 7.89. The molecule has 0 radical (unpaired) electrons. The molecule has 162 valence electrons. The SMILES string of the molecule is COc1cc(OC)nc(SCC(=O)NN=Cc2ccc(N(CCCl)CCCl)cc2)n1. The van der Waals surface area contributed by atoms with Crippen molar-refractivity contribution in [1.82, 2.24) is 15.4 Å². The summed E-state index contributed by atoms with van der Waals surface area (Å²) in [5, 5.41) is 4.36. The monoisotopic (exact) mass is 471 g/mol. The minimum absolute atomic E-state index is 0.0956. The van der Waals surface area contributed by atoms with Crippen LogP contribution in [0, 0.1) is 0 Å². The van der Waals surface area contributed by atoms with E-state index in [1.807, 2.05) is 24.3 Å². The van der Waals surface area contributed by atoms with E-state index in [1.165, 1.54) is 14.2 Å². The number of amides is 1. The Kier molecular flexibility index (Phi) is 10.5. The standard InChI is InChI=1S/C19H23Cl2N5O3S/c1-28-17-11-18(29-2)24-19(23-17)30-13-16(27)25-22-12-14-3-5-15(6-4-14)26(9-7-20)10-8-21/h3-6,11-12H,7-10,13H2,1-2H3,(H,25,27). The maximum Gasteiger partial charge on any atom is 0.250 e. The van der Waals surface area contributed by atoms with Gasteiger partial charge >= 0.3 is 0 Å². The molecular formula is C19H23Cl2N5O3S. The van der Waals surface area contributed by atoms with E-state index in [2.05, 4.69) is 25.4 Å². The molecule has 0 unspecified atom stereocenters. The maximum absolute atomic E-state index is 12.0. The summed E-state index contributed by atoms with van der Waals surface area (Å²) in [5.74, 6) is 1.59. The van der Waals surface area contributed by atoms with Crippen LogP contribution < -0.4 is 19.8 Å². The van der Waals surface area contributed by atoms with Crippen molar-refractivity contribution in [1.29, 1.82) is 0 Å². The van der Waals surface area contributed by atoms with Crippen LogP contribution >= 0.6 is 35.0 Å². The number of nitrogens with zero attached hydrogens (tertiary/aromatic N) is 4. The molecule has 0 saturated carbocycles. The van der Waals surface area contributed by atoms with Gasteiger partial charge in [0.1, 0.15) is 0 Å². The van der Waals surface area contributed by atoms with Crippen molar-refractivity contribution in [2.75, 3.05) is 49.7 Å². The van der Waals surface area contributed by atoms with Crippen LogP contribution in [0.4, 0.5) is 5.69 Å². The van der Waals surface area contributed by atoms with E-state index < -0.39 is 0 Å². The zero-order valence-electron chi connectivity index (χ0n) is 16.7. The number of anilines is 1. The van der Waals surface area contributed by atoms with Crippen LogP contribution in [0.25, 0.3) is 0 Å². The molecule has 0 saturated heterocycles. The van der Waals surface area contributed by atoms with Crippen molar-refractivity contribution in [2.24, 2.45) is 5.10 Å². The van der Waals surface area contributed by atoms with E-state index in [4.69, 9.17) is 32.7 Å². The molecule has 0 aliphatic rings. The number of rotatable bonds is 12. The third-order valence-electron chi connectivity index (χ3n) is 3.78. The summed E-state index contributed by atoms with van der Waals surface area (Å²) in [5.41, 5.74) is 4.36. The molecule has 0 aliphatic carbocycles. The quantitative estimate of drug-likeness (QED) is 0.167. The molecule has 8 nitrogen and oxygen atoms in total. The Bertz CT molecular complexity index is 811. The number of nitrogens with one attached hydrogen (secondary N) is 1. The van der Waals surface area contributed by atoms with Crippen molar-refractivity contribution in [3.8, 4) is 11.8 Å². The van der Waals surface area contributed by atoms with Gasteiger partial charge in [0.25, 0.3) is 5.91 Å². The number of carbonyl (C=O) groups excluding carboxylic acids is 1. The van der Waals surface area contributed by atoms with Gasteiger partial charge in [-0.2, -0.15) is 15.1 Å². The normalized spacial score (nSPS) is 10.8. The van der Waals surface area contributed by atoms with Gasteiger partial charge in [0, 0.05) is 30.5 Å². The van der Waals surface area contributed by atoms with Crippen molar-refractivity contribution in [2.45, 2.75) is 5.16 Å². The number of alkyl halides is 2. The molecule has 0 bridgehead atoms. The van der Waals surface area contributed by atoms with E-state index in [0.29, 0.717) is 28.7 Å². The van der Waals surface area contributed by atoms with Gasteiger partial charge in [0.05, 0.1) is 32.3 Å². The fourth-order valence-electron chi connectivity index (χ4n) is 2.34. The highest BCUT2D eigenvalue weighted by molar-refractivity contribution is 7.99. The number of benzene rings is 1. The van der Waals surface area contributed by atoms with Crippen molar-refractivity contribution in [3.63, 3.8) is 0 Å². The highest BCUT2D eigenvalue weighted by atomic mass is 35.5. The number of methoxy groups -OCH3 is 2. The summed E-state index contributed by atoms with van der Waals surface area (Å²) in [6, 6.07) is 9.30. The molecule has 1 aromatic heterocycles. The number of hydrogen-bond donors (Lipinski definition) is 1. The van der Waals surface area contributed by atoms with E-state index >= 15 is 0 Å². The Balaban J connectivity index is 1.85. The Morgan fingerprint density at radius 1 is 1.13 bits per heavy atom. The molecule has 0 atom stereocenters. The molecule has 1 heterocycles. The Hall–Kier alpha value is -2.23. The molecule has 30 heavy (non-hydrogen) atoms. The molecule has 1 amide bonds.